The van der Waals surface area contributed by atoms with Crippen LogP contribution >= 0.6 is 0 Å². The SMILES string of the molecule is c1ccc(-c2nc(-c3ccccc3)nc(-c3ccc(-c4cc5nc(-c6ccccn6)c(-c6ccccn6)nc5cc4-c4ccc(-c5nc(-c6ccccc6)nc(-c6ccccc6)n5)cc4)cc3)n2)cc1. The van der Waals surface area contributed by atoms with Gasteiger partial charge in [-0.25, -0.2) is 39.9 Å². The molecule has 0 bridgehead atoms. The number of pyridine rings is 2. The first-order valence-electron chi connectivity index (χ1n) is 22.8. The van der Waals surface area contributed by atoms with Crippen molar-refractivity contribution in [2.75, 3.05) is 0 Å². The molecule has 5 heterocycles. The molecule has 0 unspecified atom stereocenters. The Bertz CT molecular complexity index is 3400. The van der Waals surface area contributed by atoms with Gasteiger partial charge in [0, 0.05) is 45.8 Å². The Kier molecular flexibility index (Phi) is 11.0. The number of aromatic nitrogens is 10. The summed E-state index contributed by atoms with van der Waals surface area (Å²) in [6, 6.07) is 72.5. The van der Waals surface area contributed by atoms with Crippen LogP contribution in [0.4, 0.5) is 0 Å². The van der Waals surface area contributed by atoms with Gasteiger partial charge in [0.05, 0.1) is 22.4 Å². The Morgan fingerprint density at radius 2 is 0.471 bits per heavy atom. The molecule has 0 spiro atoms. The van der Waals surface area contributed by atoms with E-state index in [1.807, 2.05) is 158 Å². The highest BCUT2D eigenvalue weighted by Gasteiger charge is 2.20. The van der Waals surface area contributed by atoms with E-state index in [1.165, 1.54) is 0 Å². The third-order valence-corrected chi connectivity index (χ3v) is 11.9. The maximum atomic E-state index is 5.29. The molecule has 0 aliphatic carbocycles. The van der Waals surface area contributed by atoms with Gasteiger partial charge in [-0.2, -0.15) is 0 Å². The summed E-state index contributed by atoms with van der Waals surface area (Å²) in [6.07, 6.45) is 3.53. The first-order valence-corrected chi connectivity index (χ1v) is 22.8. The minimum absolute atomic E-state index is 0.575. The summed E-state index contributed by atoms with van der Waals surface area (Å²) in [4.78, 5) is 49.7. The van der Waals surface area contributed by atoms with Crippen LogP contribution in [0, 0.1) is 0 Å². The lowest BCUT2D eigenvalue weighted by Gasteiger charge is -2.15. The highest BCUT2D eigenvalue weighted by atomic mass is 15.0. The van der Waals surface area contributed by atoms with Crippen LogP contribution < -0.4 is 0 Å². The summed E-state index contributed by atoms with van der Waals surface area (Å²) in [5, 5.41) is 0. The minimum Gasteiger partial charge on any atom is -0.255 e. The molecule has 12 rings (SSSR count). The van der Waals surface area contributed by atoms with Crippen molar-refractivity contribution in [2.24, 2.45) is 0 Å². The van der Waals surface area contributed by atoms with E-state index in [0.29, 0.717) is 68.8 Å². The second-order valence-corrected chi connectivity index (χ2v) is 16.5. The van der Waals surface area contributed by atoms with Crippen molar-refractivity contribution < 1.29 is 0 Å². The molecule has 12 aromatic rings. The lowest BCUT2D eigenvalue weighted by Crippen LogP contribution is -2.00. The van der Waals surface area contributed by atoms with E-state index in [0.717, 1.165) is 55.6 Å². The van der Waals surface area contributed by atoms with E-state index in [2.05, 4.69) is 60.7 Å². The molecule has 0 saturated heterocycles. The summed E-state index contributed by atoms with van der Waals surface area (Å²) in [5.41, 5.74) is 13.3. The zero-order chi connectivity index (χ0) is 46.6. The maximum Gasteiger partial charge on any atom is 0.164 e. The van der Waals surface area contributed by atoms with Crippen molar-refractivity contribution in [1.82, 2.24) is 49.8 Å². The van der Waals surface area contributed by atoms with E-state index in [-0.39, 0.29) is 0 Å². The third-order valence-electron chi connectivity index (χ3n) is 11.9. The average molecular weight is 899 g/mol. The Hall–Kier alpha value is -9.80. The zero-order valence-corrected chi connectivity index (χ0v) is 37.4. The molecule has 10 nitrogen and oxygen atoms in total. The number of rotatable bonds is 10. The average Bonchev–Trinajstić information content (AvgIpc) is 3.45. The van der Waals surface area contributed by atoms with Crippen LogP contribution in [0.5, 0.6) is 0 Å². The molecular formula is C60H38N10. The molecule has 0 N–H and O–H groups in total. The van der Waals surface area contributed by atoms with Crippen LogP contribution in [0.3, 0.4) is 0 Å². The summed E-state index contributed by atoms with van der Waals surface area (Å²) in [5.74, 6) is 3.56. The van der Waals surface area contributed by atoms with E-state index >= 15 is 0 Å². The van der Waals surface area contributed by atoms with Crippen LogP contribution in [-0.4, -0.2) is 49.8 Å². The first-order chi connectivity index (χ1) is 34.7. The number of hydrogen-bond donors (Lipinski definition) is 0. The minimum atomic E-state index is 0.575. The molecule has 10 heteroatoms. The van der Waals surface area contributed by atoms with Crippen LogP contribution in [0.25, 0.3) is 124 Å². The maximum absolute atomic E-state index is 5.29. The van der Waals surface area contributed by atoms with Crippen molar-refractivity contribution in [3.63, 3.8) is 0 Å². The predicted molar refractivity (Wildman–Crippen MR) is 276 cm³/mol. The fourth-order valence-electron chi connectivity index (χ4n) is 8.42. The van der Waals surface area contributed by atoms with Gasteiger partial charge in [0.15, 0.2) is 34.9 Å². The summed E-state index contributed by atoms with van der Waals surface area (Å²) < 4.78 is 0. The van der Waals surface area contributed by atoms with E-state index in [4.69, 9.17) is 49.8 Å². The molecule has 0 atom stereocenters. The molecular weight excluding hydrogens is 861 g/mol. The zero-order valence-electron chi connectivity index (χ0n) is 37.4. The van der Waals surface area contributed by atoms with Crippen molar-refractivity contribution in [3.8, 4) is 113 Å². The van der Waals surface area contributed by atoms with Gasteiger partial charge in [-0.3, -0.25) is 9.97 Å². The molecule has 328 valence electrons. The van der Waals surface area contributed by atoms with Crippen molar-refractivity contribution in [2.45, 2.75) is 0 Å². The molecule has 0 fully saturated rings. The van der Waals surface area contributed by atoms with E-state index in [1.54, 1.807) is 12.4 Å². The van der Waals surface area contributed by atoms with Gasteiger partial charge in [0.1, 0.15) is 11.4 Å². The topological polar surface area (TPSA) is 129 Å². The smallest absolute Gasteiger partial charge is 0.164 e. The molecule has 0 amide bonds. The Balaban J connectivity index is 1.00. The standard InChI is InChI=1S/C60H38N10/c1-5-17-41(18-6-1)55-65-56(42-19-7-2-8-20-42)68-59(67-55)45-31-27-39(28-32-45)47-37-51-52(64-54(50-26-14-16-36-62-50)53(63-51)49-25-13-15-35-61-49)38-48(47)40-29-33-46(34-30-40)60-69-57(43-21-9-3-10-22-43)66-58(70-60)44-23-11-4-12-24-44/h1-38H. The van der Waals surface area contributed by atoms with E-state index < -0.39 is 0 Å². The van der Waals surface area contributed by atoms with Crippen LogP contribution in [-0.2, 0) is 0 Å². The molecule has 70 heavy (non-hydrogen) atoms. The second-order valence-electron chi connectivity index (χ2n) is 16.5. The van der Waals surface area contributed by atoms with Crippen molar-refractivity contribution in [1.29, 1.82) is 0 Å². The van der Waals surface area contributed by atoms with Crippen molar-refractivity contribution in [3.05, 3.63) is 231 Å². The van der Waals surface area contributed by atoms with Gasteiger partial charge < -0.3 is 0 Å². The Morgan fingerprint density at radius 1 is 0.214 bits per heavy atom. The molecule has 0 aliphatic rings. The van der Waals surface area contributed by atoms with E-state index in [9.17, 15) is 0 Å². The molecule has 5 aromatic heterocycles. The lowest BCUT2D eigenvalue weighted by atomic mass is 9.92. The molecule has 0 saturated carbocycles. The van der Waals surface area contributed by atoms with Gasteiger partial charge in [-0.15, -0.1) is 0 Å². The summed E-state index contributed by atoms with van der Waals surface area (Å²) in [7, 11) is 0. The monoisotopic (exact) mass is 898 g/mol. The predicted octanol–water partition coefficient (Wildman–Crippen LogP) is 13.5. The van der Waals surface area contributed by atoms with Gasteiger partial charge in [-0.1, -0.05) is 182 Å². The second kappa shape index (κ2) is 18.5. The number of nitrogens with zero attached hydrogens (tertiary/aromatic N) is 10. The number of fused-ring (bicyclic) bond motifs is 1. The normalized spacial score (nSPS) is 11.1. The highest BCUT2D eigenvalue weighted by molar-refractivity contribution is 5.96. The van der Waals surface area contributed by atoms with Crippen LogP contribution in [0.2, 0.25) is 0 Å². The van der Waals surface area contributed by atoms with Crippen molar-refractivity contribution >= 4 is 11.0 Å². The highest BCUT2D eigenvalue weighted by Crippen LogP contribution is 2.39. The lowest BCUT2D eigenvalue weighted by molar-refractivity contribution is 1.07. The number of hydrogen-bond acceptors (Lipinski definition) is 10. The van der Waals surface area contributed by atoms with Crippen LogP contribution in [0.15, 0.2) is 231 Å². The summed E-state index contributed by atoms with van der Waals surface area (Å²) in [6.45, 7) is 0. The first kappa shape index (κ1) is 41.6. The fourth-order valence-corrected chi connectivity index (χ4v) is 8.42. The van der Waals surface area contributed by atoms with Gasteiger partial charge in [-0.05, 0) is 58.7 Å². The number of benzene rings is 7. The largest absolute Gasteiger partial charge is 0.255 e. The quantitative estimate of drug-likeness (QED) is 0.131. The fraction of sp³-hybridized carbons (Fsp3) is 0. The van der Waals surface area contributed by atoms with Gasteiger partial charge in [0.25, 0.3) is 0 Å². The molecule has 0 aliphatic heterocycles. The summed E-state index contributed by atoms with van der Waals surface area (Å²) >= 11 is 0. The van der Waals surface area contributed by atoms with Crippen LogP contribution in [0.1, 0.15) is 0 Å². The Morgan fingerprint density at radius 3 is 0.743 bits per heavy atom. The molecule has 0 radical (unpaired) electrons. The third kappa shape index (κ3) is 8.44. The molecule has 7 aromatic carbocycles. The van der Waals surface area contributed by atoms with Gasteiger partial charge in [0.2, 0.25) is 0 Å². The van der Waals surface area contributed by atoms with Gasteiger partial charge >= 0.3 is 0 Å². The Labute approximate surface area is 403 Å².